The summed E-state index contributed by atoms with van der Waals surface area (Å²) in [5.74, 6) is 1.85. The van der Waals surface area contributed by atoms with Crippen LogP contribution in [-0.4, -0.2) is 90.5 Å². The Hall–Kier alpha value is -3.22. The van der Waals surface area contributed by atoms with E-state index in [0.717, 1.165) is 88.8 Å². The second-order valence-electron chi connectivity index (χ2n) is 14.2. The second-order valence-corrected chi connectivity index (χ2v) is 14.6. The highest BCUT2D eigenvalue weighted by Crippen LogP contribution is 2.46. The van der Waals surface area contributed by atoms with Gasteiger partial charge in [0.15, 0.2) is 0 Å². The molecule has 4 aliphatic heterocycles. The molecule has 9 nitrogen and oxygen atoms in total. The lowest BCUT2D eigenvalue weighted by atomic mass is 9.77. The van der Waals surface area contributed by atoms with Gasteiger partial charge < -0.3 is 24.2 Å². The molecule has 1 aromatic heterocycles. The van der Waals surface area contributed by atoms with Crippen molar-refractivity contribution in [2.24, 2.45) is 5.41 Å². The number of halogens is 1. The summed E-state index contributed by atoms with van der Waals surface area (Å²) >= 11 is 6.35. The van der Waals surface area contributed by atoms with Crippen molar-refractivity contribution >= 4 is 29.2 Å². The zero-order valence-electron chi connectivity index (χ0n) is 26.5. The predicted molar refractivity (Wildman–Crippen MR) is 173 cm³/mol. The molecule has 0 aliphatic carbocycles. The van der Waals surface area contributed by atoms with Crippen LogP contribution in [0.15, 0.2) is 36.5 Å². The van der Waals surface area contributed by atoms with E-state index in [0.29, 0.717) is 28.1 Å². The Morgan fingerprint density at radius 2 is 1.82 bits per heavy atom. The Labute approximate surface area is 266 Å². The molecule has 4 aliphatic rings. The van der Waals surface area contributed by atoms with Crippen LogP contribution in [0, 0.1) is 16.7 Å². The third-order valence-electron chi connectivity index (χ3n) is 9.85. The van der Waals surface area contributed by atoms with Crippen LogP contribution >= 0.6 is 11.6 Å². The van der Waals surface area contributed by atoms with Gasteiger partial charge in [-0.2, -0.15) is 5.26 Å². The molecule has 44 heavy (non-hydrogen) atoms. The molecule has 10 heteroatoms. The van der Waals surface area contributed by atoms with E-state index >= 15 is 0 Å². The van der Waals surface area contributed by atoms with Crippen molar-refractivity contribution in [3.63, 3.8) is 0 Å². The Morgan fingerprint density at radius 1 is 1.09 bits per heavy atom. The van der Waals surface area contributed by atoms with Gasteiger partial charge in [0.1, 0.15) is 29.3 Å². The van der Waals surface area contributed by atoms with Crippen LogP contribution in [0.1, 0.15) is 65.4 Å². The first-order chi connectivity index (χ1) is 21.0. The van der Waals surface area contributed by atoms with Gasteiger partial charge in [0.25, 0.3) is 0 Å². The summed E-state index contributed by atoms with van der Waals surface area (Å²) in [6, 6.07) is 13.0. The van der Waals surface area contributed by atoms with Gasteiger partial charge in [0, 0.05) is 63.6 Å². The monoisotopic (exact) mass is 620 g/mol. The molecule has 1 spiro atoms. The molecule has 2 aromatic rings. The summed E-state index contributed by atoms with van der Waals surface area (Å²) < 4.78 is 11.8. The smallest absolute Gasteiger partial charge is 0.410 e. The number of hydrogen-bond acceptors (Lipinski definition) is 8. The summed E-state index contributed by atoms with van der Waals surface area (Å²) in [4.78, 5) is 26.2. The van der Waals surface area contributed by atoms with E-state index < -0.39 is 5.60 Å². The van der Waals surface area contributed by atoms with Crippen LogP contribution in [0.5, 0.6) is 5.75 Å². The number of benzene rings is 1. The van der Waals surface area contributed by atoms with Crippen molar-refractivity contribution in [2.45, 2.75) is 83.6 Å². The van der Waals surface area contributed by atoms with Crippen LogP contribution in [0.3, 0.4) is 0 Å². The van der Waals surface area contributed by atoms with Gasteiger partial charge in [-0.15, -0.1) is 0 Å². The fourth-order valence-corrected chi connectivity index (χ4v) is 7.57. The number of ether oxygens (including phenoxy) is 2. The molecule has 0 unspecified atom stereocenters. The van der Waals surface area contributed by atoms with Gasteiger partial charge in [-0.05, 0) is 95.5 Å². The van der Waals surface area contributed by atoms with Crippen molar-refractivity contribution in [1.29, 1.82) is 5.26 Å². The summed E-state index contributed by atoms with van der Waals surface area (Å²) in [6.45, 7) is 14.5. The predicted octanol–water partition coefficient (Wildman–Crippen LogP) is 5.95. The topological polar surface area (TPSA) is 85.2 Å². The average Bonchev–Trinajstić information content (AvgIpc) is 3.28. The molecule has 0 radical (unpaired) electrons. The number of aromatic nitrogens is 1. The third kappa shape index (κ3) is 6.72. The van der Waals surface area contributed by atoms with E-state index in [9.17, 15) is 10.1 Å². The highest BCUT2D eigenvalue weighted by molar-refractivity contribution is 6.32. The van der Waals surface area contributed by atoms with Gasteiger partial charge in [-0.25, -0.2) is 9.78 Å². The fraction of sp³-hybridized carbons (Fsp3) is 0.618. The zero-order valence-corrected chi connectivity index (χ0v) is 27.2. The number of piperidine rings is 2. The second kappa shape index (κ2) is 12.3. The summed E-state index contributed by atoms with van der Waals surface area (Å²) in [5, 5.41) is 9.76. The number of amides is 1. The van der Waals surface area contributed by atoms with Gasteiger partial charge in [0.2, 0.25) is 0 Å². The first-order valence-corrected chi connectivity index (χ1v) is 16.4. The average molecular weight is 621 g/mol. The number of carbonyl (C=O) groups is 1. The van der Waals surface area contributed by atoms with Crippen LogP contribution in [0.25, 0.3) is 0 Å². The number of carbonyl (C=O) groups excluding carboxylic acids is 1. The van der Waals surface area contributed by atoms with Gasteiger partial charge in [-0.3, -0.25) is 4.90 Å². The quantitative estimate of drug-likeness (QED) is 0.405. The standard InChI is InChI=1S/C34H45ClN6O3/c1-24-18-34(23-41(24)26-6-5-25(19-36)30(35)17-26)11-15-39(16-12-34)31-8-7-29(20-37-31)43-28-9-13-38(14-10-28)27-21-40(22-27)32(42)44-33(2,3)4/h5-8,17,20,24,27-28H,9-16,18,21-23H2,1-4H3/t24-/m0/s1. The zero-order chi connectivity index (χ0) is 31.1. The normalized spacial score (nSPS) is 23.0. The summed E-state index contributed by atoms with van der Waals surface area (Å²) in [5.41, 5.74) is 1.47. The number of nitrogens with zero attached hydrogens (tertiary/aromatic N) is 6. The van der Waals surface area contributed by atoms with Crippen LogP contribution in [-0.2, 0) is 4.74 Å². The van der Waals surface area contributed by atoms with Crippen LogP contribution in [0.4, 0.5) is 16.3 Å². The first kappa shape index (κ1) is 30.8. The van der Waals surface area contributed by atoms with E-state index in [4.69, 9.17) is 26.1 Å². The SMILES string of the molecule is C[C@H]1CC2(CCN(c3ccc(OC4CCN(C5CN(C(=O)OC(C)(C)C)C5)CC4)cn3)CC2)CN1c1ccc(C#N)c(Cl)c1. The molecule has 236 valence electrons. The van der Waals surface area contributed by atoms with Crippen molar-refractivity contribution in [1.82, 2.24) is 14.8 Å². The molecule has 4 fully saturated rings. The van der Waals surface area contributed by atoms with E-state index in [2.05, 4.69) is 39.8 Å². The molecule has 4 saturated heterocycles. The molecular formula is C34H45ClN6O3. The Bertz CT molecular complexity index is 1370. The van der Waals surface area contributed by atoms with E-state index in [1.54, 1.807) is 4.90 Å². The Kier molecular flexibility index (Phi) is 8.60. The Morgan fingerprint density at radius 3 is 2.43 bits per heavy atom. The summed E-state index contributed by atoms with van der Waals surface area (Å²) in [7, 11) is 0. The molecule has 0 bridgehead atoms. The molecule has 1 aromatic carbocycles. The van der Waals surface area contributed by atoms with Gasteiger partial charge in [-0.1, -0.05) is 11.6 Å². The maximum absolute atomic E-state index is 12.3. The number of hydrogen-bond donors (Lipinski definition) is 0. The highest BCUT2D eigenvalue weighted by atomic mass is 35.5. The molecule has 5 heterocycles. The summed E-state index contributed by atoms with van der Waals surface area (Å²) in [6.07, 6.45) is 7.24. The van der Waals surface area contributed by atoms with Gasteiger partial charge >= 0.3 is 6.09 Å². The maximum atomic E-state index is 12.3. The number of anilines is 2. The molecule has 0 saturated carbocycles. The maximum Gasteiger partial charge on any atom is 0.410 e. The van der Waals surface area contributed by atoms with E-state index in [1.165, 1.54) is 6.42 Å². The van der Waals surface area contributed by atoms with Crippen molar-refractivity contribution in [3.05, 3.63) is 47.1 Å². The van der Waals surface area contributed by atoms with Crippen molar-refractivity contribution in [3.8, 4) is 11.8 Å². The first-order valence-electron chi connectivity index (χ1n) is 16.1. The Balaban J connectivity index is 0.942. The van der Waals surface area contributed by atoms with E-state index in [-0.39, 0.29) is 12.2 Å². The lowest BCUT2D eigenvalue weighted by Crippen LogP contribution is -2.63. The molecule has 6 rings (SSSR count). The van der Waals surface area contributed by atoms with E-state index in [1.807, 2.05) is 45.2 Å². The van der Waals surface area contributed by atoms with Crippen molar-refractivity contribution < 1.29 is 14.3 Å². The lowest BCUT2D eigenvalue weighted by Gasteiger charge is -2.47. The molecule has 0 N–H and O–H groups in total. The van der Waals surface area contributed by atoms with Crippen LogP contribution < -0.4 is 14.5 Å². The minimum absolute atomic E-state index is 0.189. The molecule has 1 amide bonds. The van der Waals surface area contributed by atoms with Gasteiger partial charge in [0.05, 0.1) is 16.8 Å². The lowest BCUT2D eigenvalue weighted by molar-refractivity contribution is -0.0262. The van der Waals surface area contributed by atoms with Crippen molar-refractivity contribution in [2.75, 3.05) is 55.6 Å². The number of likely N-dealkylation sites (tertiary alicyclic amines) is 2. The minimum atomic E-state index is -0.455. The highest BCUT2D eigenvalue weighted by Gasteiger charge is 2.44. The number of nitriles is 1. The third-order valence-corrected chi connectivity index (χ3v) is 10.2. The minimum Gasteiger partial charge on any atom is -0.489 e. The number of rotatable bonds is 5. The molecular weight excluding hydrogens is 576 g/mol. The van der Waals surface area contributed by atoms with Crippen LogP contribution in [0.2, 0.25) is 5.02 Å². The fourth-order valence-electron chi connectivity index (χ4n) is 7.35. The molecule has 1 atom stereocenters. The number of pyridine rings is 1. The largest absolute Gasteiger partial charge is 0.489 e.